The topological polar surface area (TPSA) is 95.2 Å². The zero-order chi connectivity index (χ0) is 25.5. The Kier molecular flexibility index (Phi) is 5.57. The van der Waals surface area contributed by atoms with Crippen LogP contribution in [0.15, 0.2) is 83.7 Å². The van der Waals surface area contributed by atoms with Gasteiger partial charge in [0, 0.05) is 42.4 Å². The van der Waals surface area contributed by atoms with Crippen LogP contribution in [0.25, 0.3) is 10.8 Å². The van der Waals surface area contributed by atoms with E-state index in [0.29, 0.717) is 36.3 Å². The number of anilines is 1. The van der Waals surface area contributed by atoms with Gasteiger partial charge in [0.15, 0.2) is 0 Å². The van der Waals surface area contributed by atoms with Crippen LogP contribution in [0.1, 0.15) is 44.3 Å². The van der Waals surface area contributed by atoms with E-state index in [4.69, 9.17) is 5.26 Å². The zero-order valence-electron chi connectivity index (χ0n) is 20.1. The standard InChI is InChI=1S/C30H24N4O3/c31-15-19-5-7-22(8-6-19)28(35)32-26-11-12-27-25-13-20(17-34(27)30(26)37)16-33(18-25)29(36)24-10-9-21-3-1-2-4-23(21)14-24/h1-12,14,20,25H,13,16-18H2,(H,32,35)/t20-,25-/m1/s1. The molecule has 4 aromatic rings. The van der Waals surface area contributed by atoms with Gasteiger partial charge >= 0.3 is 0 Å². The van der Waals surface area contributed by atoms with Crippen LogP contribution in [0.2, 0.25) is 0 Å². The third kappa shape index (κ3) is 4.17. The van der Waals surface area contributed by atoms with Crippen LogP contribution in [0.5, 0.6) is 0 Å². The van der Waals surface area contributed by atoms with Gasteiger partial charge in [0.05, 0.1) is 11.6 Å². The number of carbonyl (C=O) groups excluding carboxylic acids is 2. The summed E-state index contributed by atoms with van der Waals surface area (Å²) in [6.45, 7) is 1.65. The van der Waals surface area contributed by atoms with Gasteiger partial charge in [-0.05, 0) is 71.6 Å². The van der Waals surface area contributed by atoms with E-state index in [2.05, 4.69) is 5.32 Å². The van der Waals surface area contributed by atoms with Crippen molar-refractivity contribution in [2.24, 2.45) is 5.92 Å². The number of hydrogen-bond donors (Lipinski definition) is 1. The Morgan fingerprint density at radius 3 is 2.41 bits per heavy atom. The monoisotopic (exact) mass is 488 g/mol. The summed E-state index contributed by atoms with van der Waals surface area (Å²) in [5, 5.41) is 13.8. The third-order valence-electron chi connectivity index (χ3n) is 7.41. The highest BCUT2D eigenvalue weighted by Gasteiger charge is 2.37. The lowest BCUT2D eigenvalue weighted by Crippen LogP contribution is -2.49. The molecule has 1 N–H and O–H groups in total. The van der Waals surface area contributed by atoms with Gasteiger partial charge in [-0.2, -0.15) is 5.26 Å². The highest BCUT2D eigenvalue weighted by molar-refractivity contribution is 6.04. The van der Waals surface area contributed by atoms with Crippen molar-refractivity contribution in [3.8, 4) is 6.07 Å². The second kappa shape index (κ2) is 9.07. The average Bonchev–Trinajstić information content (AvgIpc) is 2.94. The minimum atomic E-state index is -0.398. The molecule has 3 aromatic carbocycles. The van der Waals surface area contributed by atoms with E-state index in [1.807, 2.05) is 59.5 Å². The van der Waals surface area contributed by atoms with E-state index in [1.165, 1.54) is 0 Å². The Morgan fingerprint density at radius 1 is 0.865 bits per heavy atom. The highest BCUT2D eigenvalue weighted by Crippen LogP contribution is 2.36. The summed E-state index contributed by atoms with van der Waals surface area (Å²) in [6, 6.07) is 25.6. The maximum Gasteiger partial charge on any atom is 0.274 e. The molecule has 1 fully saturated rings. The number of fused-ring (bicyclic) bond motifs is 5. The number of piperidine rings is 1. The highest BCUT2D eigenvalue weighted by atomic mass is 16.2. The van der Waals surface area contributed by atoms with E-state index < -0.39 is 5.91 Å². The van der Waals surface area contributed by atoms with E-state index in [0.717, 1.165) is 22.9 Å². The molecular formula is C30H24N4O3. The van der Waals surface area contributed by atoms with Crippen LogP contribution in [-0.4, -0.2) is 34.4 Å². The molecule has 1 saturated heterocycles. The van der Waals surface area contributed by atoms with Crippen LogP contribution in [-0.2, 0) is 6.54 Å². The normalized spacial score (nSPS) is 18.1. The molecule has 182 valence electrons. The molecule has 6 rings (SSSR count). The van der Waals surface area contributed by atoms with Gasteiger partial charge in [-0.3, -0.25) is 14.4 Å². The lowest BCUT2D eigenvalue weighted by atomic mass is 9.83. The van der Waals surface area contributed by atoms with Crippen molar-refractivity contribution < 1.29 is 9.59 Å². The molecule has 2 bridgehead atoms. The first kappa shape index (κ1) is 22.7. The third-order valence-corrected chi connectivity index (χ3v) is 7.41. The van der Waals surface area contributed by atoms with E-state index in [9.17, 15) is 14.4 Å². The summed E-state index contributed by atoms with van der Waals surface area (Å²) in [5.41, 5.74) is 2.40. The van der Waals surface area contributed by atoms with Gasteiger partial charge in [0.25, 0.3) is 17.4 Å². The molecule has 2 aliphatic heterocycles. The van der Waals surface area contributed by atoms with Gasteiger partial charge in [-0.1, -0.05) is 30.3 Å². The Hall–Kier alpha value is -4.70. The number of aromatic nitrogens is 1. The van der Waals surface area contributed by atoms with Crippen molar-refractivity contribution in [3.63, 3.8) is 0 Å². The molecule has 2 atom stereocenters. The molecule has 0 unspecified atom stereocenters. The summed E-state index contributed by atoms with van der Waals surface area (Å²) in [7, 11) is 0. The molecule has 2 aliphatic rings. The summed E-state index contributed by atoms with van der Waals surface area (Å²) >= 11 is 0. The fourth-order valence-electron chi connectivity index (χ4n) is 5.60. The summed E-state index contributed by atoms with van der Waals surface area (Å²) in [6.07, 6.45) is 0.928. The predicted molar refractivity (Wildman–Crippen MR) is 141 cm³/mol. The molecule has 0 saturated carbocycles. The van der Waals surface area contributed by atoms with E-state index >= 15 is 0 Å². The molecule has 0 radical (unpaired) electrons. The first-order valence-corrected chi connectivity index (χ1v) is 12.3. The van der Waals surface area contributed by atoms with Crippen molar-refractivity contribution in [3.05, 3.63) is 112 Å². The lowest BCUT2D eigenvalue weighted by Gasteiger charge is -2.43. The van der Waals surface area contributed by atoms with Gasteiger partial charge in [-0.25, -0.2) is 0 Å². The second-order valence-corrected chi connectivity index (χ2v) is 9.80. The molecule has 7 heteroatoms. The van der Waals surface area contributed by atoms with E-state index in [1.54, 1.807) is 34.9 Å². The number of likely N-dealkylation sites (tertiary alicyclic amines) is 1. The number of nitriles is 1. The molecule has 1 aromatic heterocycles. The Labute approximate surface area is 213 Å². The lowest BCUT2D eigenvalue weighted by molar-refractivity contribution is 0.0594. The van der Waals surface area contributed by atoms with Crippen LogP contribution in [0, 0.1) is 17.2 Å². The average molecular weight is 489 g/mol. The number of nitrogens with zero attached hydrogens (tertiary/aromatic N) is 3. The first-order valence-electron chi connectivity index (χ1n) is 12.3. The minimum absolute atomic E-state index is 0.0163. The number of nitrogens with one attached hydrogen (secondary N) is 1. The van der Waals surface area contributed by atoms with Gasteiger partial charge in [0.1, 0.15) is 5.69 Å². The summed E-state index contributed by atoms with van der Waals surface area (Å²) in [5.74, 6) is -0.154. The van der Waals surface area contributed by atoms with Crippen molar-refractivity contribution in [2.45, 2.75) is 18.9 Å². The molecule has 37 heavy (non-hydrogen) atoms. The van der Waals surface area contributed by atoms with E-state index in [-0.39, 0.29) is 29.0 Å². The minimum Gasteiger partial charge on any atom is -0.338 e. The van der Waals surface area contributed by atoms with Crippen LogP contribution < -0.4 is 10.9 Å². The Balaban J connectivity index is 1.22. The van der Waals surface area contributed by atoms with Crippen molar-refractivity contribution in [1.82, 2.24) is 9.47 Å². The number of rotatable bonds is 3. The van der Waals surface area contributed by atoms with Crippen molar-refractivity contribution in [1.29, 1.82) is 5.26 Å². The van der Waals surface area contributed by atoms with Gasteiger partial charge in [-0.15, -0.1) is 0 Å². The zero-order valence-corrected chi connectivity index (χ0v) is 20.1. The quantitative estimate of drug-likeness (QED) is 0.463. The van der Waals surface area contributed by atoms with Crippen molar-refractivity contribution >= 4 is 28.3 Å². The fraction of sp³-hybridized carbons (Fsp3) is 0.200. The van der Waals surface area contributed by atoms with Crippen LogP contribution in [0.4, 0.5) is 5.69 Å². The van der Waals surface area contributed by atoms with Crippen LogP contribution in [0.3, 0.4) is 0 Å². The summed E-state index contributed by atoms with van der Waals surface area (Å²) in [4.78, 5) is 41.3. The molecule has 3 heterocycles. The van der Waals surface area contributed by atoms with Gasteiger partial charge in [0.2, 0.25) is 0 Å². The first-order chi connectivity index (χ1) is 18.0. The largest absolute Gasteiger partial charge is 0.338 e. The van der Waals surface area contributed by atoms with Gasteiger partial charge < -0.3 is 14.8 Å². The Morgan fingerprint density at radius 2 is 1.62 bits per heavy atom. The smallest absolute Gasteiger partial charge is 0.274 e. The fourth-order valence-corrected chi connectivity index (χ4v) is 5.60. The second-order valence-electron chi connectivity index (χ2n) is 9.80. The maximum absolute atomic E-state index is 13.4. The Bertz CT molecular complexity index is 1650. The number of benzene rings is 3. The predicted octanol–water partition coefficient (Wildman–Crippen LogP) is 4.38. The number of carbonyl (C=O) groups is 2. The van der Waals surface area contributed by atoms with Crippen LogP contribution >= 0.6 is 0 Å². The molecule has 7 nitrogen and oxygen atoms in total. The molecule has 2 amide bonds. The number of pyridine rings is 1. The SMILES string of the molecule is N#Cc1ccc(C(=O)Nc2ccc3n(c2=O)C[C@@H]2C[C@@H]3CN(C(=O)c3ccc4ccccc4c3)C2)cc1. The molecule has 0 aliphatic carbocycles. The maximum atomic E-state index is 13.4. The number of hydrogen-bond acceptors (Lipinski definition) is 4. The number of amides is 2. The molecule has 0 spiro atoms. The van der Waals surface area contributed by atoms with Crippen molar-refractivity contribution in [2.75, 3.05) is 18.4 Å². The summed E-state index contributed by atoms with van der Waals surface area (Å²) < 4.78 is 1.76. The molecular weight excluding hydrogens is 464 g/mol.